The number of carbonyl (C=O) groups excluding carboxylic acids is 2. The molecule has 0 saturated carbocycles. The Kier molecular flexibility index (Phi) is 7.51. The molecular formula is C22H21NO6S. The van der Waals surface area contributed by atoms with Crippen LogP contribution in [0.2, 0.25) is 0 Å². The molecule has 30 heavy (non-hydrogen) atoms. The SMILES string of the molecule is CSCCC(NC(=O)OCc1ccccc1)C(=O)Oc1ccc2ccc(=O)oc2c1. The molecule has 2 aromatic carbocycles. The monoisotopic (exact) mass is 427 g/mol. The second-order valence-electron chi connectivity index (χ2n) is 6.42. The lowest BCUT2D eigenvalue weighted by molar-refractivity contribution is -0.136. The number of hydrogen-bond acceptors (Lipinski definition) is 7. The van der Waals surface area contributed by atoms with Crippen LogP contribution in [0.4, 0.5) is 4.79 Å². The van der Waals surface area contributed by atoms with Crippen molar-refractivity contribution in [1.82, 2.24) is 5.32 Å². The van der Waals surface area contributed by atoms with Gasteiger partial charge >= 0.3 is 17.7 Å². The molecular weight excluding hydrogens is 406 g/mol. The molecule has 8 heteroatoms. The molecule has 1 aromatic heterocycles. The molecule has 0 aliphatic heterocycles. The summed E-state index contributed by atoms with van der Waals surface area (Å²) in [6, 6.07) is 16.1. The Morgan fingerprint density at radius 1 is 1.10 bits per heavy atom. The highest BCUT2D eigenvalue weighted by Gasteiger charge is 2.23. The lowest BCUT2D eigenvalue weighted by atomic mass is 10.2. The highest BCUT2D eigenvalue weighted by atomic mass is 32.2. The predicted octanol–water partition coefficient (Wildman–Crippen LogP) is 3.75. The van der Waals surface area contributed by atoms with Crippen LogP contribution in [0.5, 0.6) is 5.75 Å². The second kappa shape index (κ2) is 10.5. The molecule has 1 unspecified atom stereocenters. The van der Waals surface area contributed by atoms with Gasteiger partial charge in [-0.1, -0.05) is 30.3 Å². The molecule has 1 amide bonds. The fraction of sp³-hybridized carbons (Fsp3) is 0.227. The summed E-state index contributed by atoms with van der Waals surface area (Å²) in [5.41, 5.74) is 0.656. The fourth-order valence-corrected chi connectivity index (χ4v) is 3.15. The van der Waals surface area contributed by atoms with Crippen molar-refractivity contribution in [2.24, 2.45) is 0 Å². The van der Waals surface area contributed by atoms with E-state index in [4.69, 9.17) is 13.9 Å². The van der Waals surface area contributed by atoms with E-state index in [0.29, 0.717) is 23.1 Å². The van der Waals surface area contributed by atoms with E-state index in [-0.39, 0.29) is 12.4 Å². The van der Waals surface area contributed by atoms with E-state index < -0.39 is 23.7 Å². The maximum absolute atomic E-state index is 12.6. The Morgan fingerprint density at radius 3 is 2.63 bits per heavy atom. The van der Waals surface area contributed by atoms with E-state index in [2.05, 4.69) is 5.32 Å². The molecule has 1 N–H and O–H groups in total. The zero-order valence-corrected chi connectivity index (χ0v) is 17.1. The lowest BCUT2D eigenvalue weighted by Crippen LogP contribution is -2.43. The Labute approximate surface area is 177 Å². The molecule has 1 heterocycles. The molecule has 0 fully saturated rings. The summed E-state index contributed by atoms with van der Waals surface area (Å²) >= 11 is 1.54. The summed E-state index contributed by atoms with van der Waals surface area (Å²) in [7, 11) is 0. The Bertz CT molecular complexity index is 1070. The number of ether oxygens (including phenoxy) is 2. The van der Waals surface area contributed by atoms with E-state index in [1.54, 1.807) is 30.0 Å². The van der Waals surface area contributed by atoms with Crippen molar-refractivity contribution in [3.05, 3.63) is 76.6 Å². The number of esters is 1. The number of carbonyl (C=O) groups is 2. The van der Waals surface area contributed by atoms with E-state index in [1.165, 1.54) is 12.1 Å². The maximum atomic E-state index is 12.6. The van der Waals surface area contributed by atoms with Crippen molar-refractivity contribution >= 4 is 34.8 Å². The van der Waals surface area contributed by atoms with Gasteiger partial charge in [0.05, 0.1) is 0 Å². The lowest BCUT2D eigenvalue weighted by Gasteiger charge is -2.17. The van der Waals surface area contributed by atoms with Gasteiger partial charge in [-0.3, -0.25) is 0 Å². The first-order valence-corrected chi connectivity index (χ1v) is 10.7. The molecule has 0 radical (unpaired) electrons. The highest BCUT2D eigenvalue weighted by Crippen LogP contribution is 2.20. The Hall–Kier alpha value is -3.26. The number of benzene rings is 2. The Balaban J connectivity index is 1.64. The van der Waals surface area contributed by atoms with E-state index in [1.807, 2.05) is 36.6 Å². The molecule has 1 atom stereocenters. The van der Waals surface area contributed by atoms with Gasteiger partial charge in [0.1, 0.15) is 24.0 Å². The molecule has 0 bridgehead atoms. The minimum atomic E-state index is -0.876. The average Bonchev–Trinajstić information content (AvgIpc) is 2.75. The normalized spacial score (nSPS) is 11.6. The molecule has 3 rings (SSSR count). The average molecular weight is 427 g/mol. The van der Waals surface area contributed by atoms with Crippen molar-refractivity contribution in [2.75, 3.05) is 12.0 Å². The topological polar surface area (TPSA) is 94.8 Å². The highest BCUT2D eigenvalue weighted by molar-refractivity contribution is 7.98. The first-order valence-electron chi connectivity index (χ1n) is 9.27. The molecule has 156 valence electrons. The quantitative estimate of drug-likeness (QED) is 0.332. The van der Waals surface area contributed by atoms with Gasteiger partial charge in [0, 0.05) is 17.5 Å². The molecule has 0 saturated heterocycles. The zero-order valence-electron chi connectivity index (χ0n) is 16.3. The third-order valence-electron chi connectivity index (χ3n) is 4.21. The van der Waals surface area contributed by atoms with Crippen molar-refractivity contribution in [3.63, 3.8) is 0 Å². The second-order valence-corrected chi connectivity index (χ2v) is 7.40. The minimum absolute atomic E-state index is 0.0979. The molecule has 3 aromatic rings. The fourth-order valence-electron chi connectivity index (χ4n) is 2.68. The number of alkyl carbamates (subject to hydrolysis) is 1. The van der Waals surface area contributed by atoms with Crippen LogP contribution in [0.3, 0.4) is 0 Å². The smallest absolute Gasteiger partial charge is 0.408 e. The maximum Gasteiger partial charge on any atom is 0.408 e. The van der Waals surface area contributed by atoms with Crippen molar-refractivity contribution in [2.45, 2.75) is 19.1 Å². The van der Waals surface area contributed by atoms with Crippen molar-refractivity contribution < 1.29 is 23.5 Å². The van der Waals surface area contributed by atoms with E-state index in [0.717, 1.165) is 5.56 Å². The number of nitrogens with one attached hydrogen (secondary N) is 1. The van der Waals surface area contributed by atoms with Crippen LogP contribution in [-0.4, -0.2) is 30.1 Å². The van der Waals surface area contributed by atoms with Gasteiger partial charge in [0.25, 0.3) is 0 Å². The van der Waals surface area contributed by atoms with E-state index in [9.17, 15) is 14.4 Å². The van der Waals surface area contributed by atoms with Crippen LogP contribution in [0.25, 0.3) is 11.0 Å². The summed E-state index contributed by atoms with van der Waals surface area (Å²) in [6.45, 7) is 0.0979. The van der Waals surface area contributed by atoms with Gasteiger partial charge in [0.2, 0.25) is 0 Å². The molecule has 7 nitrogen and oxygen atoms in total. The van der Waals surface area contributed by atoms with Gasteiger partial charge in [-0.2, -0.15) is 11.8 Å². The van der Waals surface area contributed by atoms with Crippen LogP contribution in [0, 0.1) is 0 Å². The molecule has 0 spiro atoms. The summed E-state index contributed by atoms with van der Waals surface area (Å²) < 4.78 is 15.7. The molecule has 0 aliphatic rings. The number of amides is 1. The summed E-state index contributed by atoms with van der Waals surface area (Å²) in [5.74, 6) is 0.236. The van der Waals surface area contributed by atoms with Crippen LogP contribution in [-0.2, 0) is 16.1 Å². The van der Waals surface area contributed by atoms with Crippen molar-refractivity contribution in [3.8, 4) is 5.75 Å². The van der Waals surface area contributed by atoms with Gasteiger partial charge in [0.15, 0.2) is 0 Å². The van der Waals surface area contributed by atoms with Crippen LogP contribution >= 0.6 is 11.8 Å². The summed E-state index contributed by atoms with van der Waals surface area (Å²) in [6.07, 6.45) is 1.58. The number of thioether (sulfide) groups is 1. The third-order valence-corrected chi connectivity index (χ3v) is 4.86. The summed E-state index contributed by atoms with van der Waals surface area (Å²) in [4.78, 5) is 36.2. The van der Waals surface area contributed by atoms with E-state index >= 15 is 0 Å². The largest absolute Gasteiger partial charge is 0.445 e. The predicted molar refractivity (Wildman–Crippen MR) is 115 cm³/mol. The van der Waals surface area contributed by atoms with Crippen LogP contribution in [0.15, 0.2) is 69.9 Å². The standard InChI is InChI=1S/C22H21NO6S/c1-30-12-11-18(23-22(26)27-14-15-5-3-2-4-6-15)21(25)28-17-9-7-16-8-10-20(24)29-19(16)13-17/h2-10,13,18H,11-12,14H2,1H3,(H,23,26). The third kappa shape index (κ3) is 6.12. The van der Waals surface area contributed by atoms with Crippen LogP contribution in [0.1, 0.15) is 12.0 Å². The number of fused-ring (bicyclic) bond motifs is 1. The van der Waals surface area contributed by atoms with Crippen LogP contribution < -0.4 is 15.7 Å². The van der Waals surface area contributed by atoms with Gasteiger partial charge < -0.3 is 19.2 Å². The number of hydrogen-bond donors (Lipinski definition) is 1. The first-order chi connectivity index (χ1) is 14.5. The number of rotatable bonds is 8. The van der Waals surface area contributed by atoms with Gasteiger partial charge in [-0.15, -0.1) is 0 Å². The first kappa shape index (κ1) is 21.4. The van der Waals surface area contributed by atoms with Gasteiger partial charge in [-0.25, -0.2) is 14.4 Å². The zero-order chi connectivity index (χ0) is 21.3. The molecule has 0 aliphatic carbocycles. The summed E-state index contributed by atoms with van der Waals surface area (Å²) in [5, 5.41) is 3.27. The minimum Gasteiger partial charge on any atom is -0.445 e. The van der Waals surface area contributed by atoms with Crippen molar-refractivity contribution in [1.29, 1.82) is 0 Å². The van der Waals surface area contributed by atoms with Gasteiger partial charge in [-0.05, 0) is 42.2 Å². The Morgan fingerprint density at radius 2 is 1.87 bits per heavy atom.